The van der Waals surface area contributed by atoms with Crippen LogP contribution in [0.1, 0.15) is 13.8 Å². The summed E-state index contributed by atoms with van der Waals surface area (Å²) in [6.45, 7) is 2.17. The van der Waals surface area contributed by atoms with Crippen molar-refractivity contribution in [2.24, 2.45) is 0 Å². The second kappa shape index (κ2) is 4.86. The molecule has 1 aromatic heterocycles. The number of aromatic nitrogens is 2. The molecular weight excluding hydrogens is 242 g/mol. The van der Waals surface area contributed by atoms with E-state index in [1.165, 1.54) is 13.8 Å². The molecule has 0 aliphatic rings. The van der Waals surface area contributed by atoms with Crippen LogP contribution in [0.2, 0.25) is 0 Å². The van der Waals surface area contributed by atoms with Crippen molar-refractivity contribution in [2.75, 3.05) is 0 Å². The number of carboxylic acid groups (broad SMARTS) is 1. The van der Waals surface area contributed by atoms with Crippen LogP contribution in [-0.4, -0.2) is 32.3 Å². The molecule has 0 fully saturated rings. The Bertz CT molecular complexity index is 584. The van der Waals surface area contributed by atoms with E-state index in [0.717, 1.165) is 16.8 Å². The molecule has 1 aromatic rings. The lowest BCUT2D eigenvalue weighted by Gasteiger charge is -2.20. The lowest BCUT2D eigenvalue weighted by molar-refractivity contribution is -0.146. The summed E-state index contributed by atoms with van der Waals surface area (Å²) in [4.78, 5) is 44.6. The molecule has 0 aliphatic heterocycles. The summed E-state index contributed by atoms with van der Waals surface area (Å²) in [6.07, 6.45) is 0. The smallest absolute Gasteiger partial charge is 0.328 e. The summed E-state index contributed by atoms with van der Waals surface area (Å²) in [5, 5.41) is 13.2. The lowest BCUT2D eigenvalue weighted by Crippen LogP contribution is -2.51. The predicted octanol–water partition coefficient (Wildman–Crippen LogP) is -1.48. The van der Waals surface area contributed by atoms with Crippen LogP contribution in [0.15, 0.2) is 21.7 Å². The maximum absolute atomic E-state index is 11.5. The second-order valence-corrected chi connectivity index (χ2v) is 4.21. The molecule has 0 radical (unpaired) electrons. The number of hydrogen-bond donors (Lipinski definition) is 3. The molecule has 1 rings (SSSR count). The molecule has 0 saturated heterocycles. The van der Waals surface area contributed by atoms with Crippen molar-refractivity contribution < 1.29 is 14.7 Å². The molecule has 0 aromatic carbocycles. The fraction of sp³-hybridized carbons (Fsp3) is 0.400. The Balaban J connectivity index is 2.83. The van der Waals surface area contributed by atoms with Crippen LogP contribution in [0.3, 0.4) is 0 Å². The molecule has 0 spiro atoms. The molecule has 98 valence electrons. The Morgan fingerprint density at radius 1 is 1.39 bits per heavy atom. The second-order valence-electron chi connectivity index (χ2n) is 4.21. The Labute approximate surface area is 101 Å². The van der Waals surface area contributed by atoms with Gasteiger partial charge in [0, 0.05) is 12.1 Å². The highest BCUT2D eigenvalue weighted by Gasteiger charge is 2.28. The van der Waals surface area contributed by atoms with Crippen molar-refractivity contribution in [2.45, 2.75) is 25.9 Å². The summed E-state index contributed by atoms with van der Waals surface area (Å²) >= 11 is 0. The minimum Gasteiger partial charge on any atom is -0.480 e. The van der Waals surface area contributed by atoms with Crippen LogP contribution in [0, 0.1) is 0 Å². The van der Waals surface area contributed by atoms with E-state index in [1.807, 2.05) is 0 Å². The average molecular weight is 255 g/mol. The Morgan fingerprint density at radius 3 is 2.56 bits per heavy atom. The molecule has 0 saturated carbocycles. The number of aromatic amines is 1. The van der Waals surface area contributed by atoms with Gasteiger partial charge in [-0.3, -0.25) is 19.5 Å². The van der Waals surface area contributed by atoms with Gasteiger partial charge in [-0.15, -0.1) is 0 Å². The van der Waals surface area contributed by atoms with E-state index in [1.54, 1.807) is 0 Å². The predicted molar refractivity (Wildman–Crippen MR) is 61.2 cm³/mol. The van der Waals surface area contributed by atoms with Crippen molar-refractivity contribution in [1.29, 1.82) is 0 Å². The third kappa shape index (κ3) is 3.30. The van der Waals surface area contributed by atoms with E-state index < -0.39 is 35.1 Å². The van der Waals surface area contributed by atoms with Crippen LogP contribution in [-0.2, 0) is 16.1 Å². The van der Waals surface area contributed by atoms with Gasteiger partial charge in [-0.1, -0.05) is 0 Å². The fourth-order valence-corrected chi connectivity index (χ4v) is 1.16. The largest absolute Gasteiger partial charge is 0.480 e. The number of amides is 1. The van der Waals surface area contributed by atoms with Gasteiger partial charge in [0.05, 0.1) is 0 Å². The zero-order valence-corrected chi connectivity index (χ0v) is 9.89. The van der Waals surface area contributed by atoms with Crippen molar-refractivity contribution in [3.63, 3.8) is 0 Å². The van der Waals surface area contributed by atoms with Crippen molar-refractivity contribution >= 4 is 11.9 Å². The fourth-order valence-electron chi connectivity index (χ4n) is 1.16. The number of aliphatic carboxylic acids is 1. The number of rotatable bonds is 4. The molecule has 8 nitrogen and oxygen atoms in total. The summed E-state index contributed by atoms with van der Waals surface area (Å²) in [6, 6.07) is 2.06. The highest BCUT2D eigenvalue weighted by Crippen LogP contribution is 2.01. The van der Waals surface area contributed by atoms with E-state index in [2.05, 4.69) is 10.4 Å². The standard InChI is InChI=1S/C10H13N3O5/c1-10(2,9(17)18)11-7(15)5-13-8(16)4-3-6(14)12-13/h3-4H,5H2,1-2H3,(H,11,15)(H,12,14)(H,17,18). The Morgan fingerprint density at radius 2 is 2.00 bits per heavy atom. The summed E-state index contributed by atoms with van der Waals surface area (Å²) < 4.78 is 0.801. The maximum Gasteiger partial charge on any atom is 0.328 e. The quantitative estimate of drug-likeness (QED) is 0.605. The van der Waals surface area contributed by atoms with Crippen LogP contribution in [0.5, 0.6) is 0 Å². The monoisotopic (exact) mass is 255 g/mol. The normalized spacial score (nSPS) is 11.0. The number of hydrogen-bond acceptors (Lipinski definition) is 4. The van der Waals surface area contributed by atoms with E-state index in [4.69, 9.17) is 5.11 Å². The first-order valence-corrected chi connectivity index (χ1v) is 5.07. The summed E-state index contributed by atoms with van der Waals surface area (Å²) in [5.41, 5.74) is -2.53. The topological polar surface area (TPSA) is 121 Å². The van der Waals surface area contributed by atoms with Gasteiger partial charge in [-0.2, -0.15) is 0 Å². The molecule has 8 heteroatoms. The number of H-pyrrole nitrogens is 1. The van der Waals surface area contributed by atoms with Gasteiger partial charge in [0.2, 0.25) is 5.91 Å². The first kappa shape index (κ1) is 13.7. The van der Waals surface area contributed by atoms with Crippen LogP contribution >= 0.6 is 0 Å². The first-order chi connectivity index (χ1) is 8.22. The first-order valence-electron chi connectivity index (χ1n) is 5.07. The van der Waals surface area contributed by atoms with Crippen LogP contribution in [0.25, 0.3) is 0 Å². The van der Waals surface area contributed by atoms with Gasteiger partial charge in [0.25, 0.3) is 11.1 Å². The third-order valence-corrected chi connectivity index (χ3v) is 2.18. The SMILES string of the molecule is CC(C)(NC(=O)Cn1[nH]c(=O)ccc1=O)C(=O)O. The van der Waals surface area contributed by atoms with E-state index in [0.29, 0.717) is 0 Å². The zero-order valence-electron chi connectivity index (χ0n) is 9.89. The molecule has 0 bridgehead atoms. The van der Waals surface area contributed by atoms with E-state index >= 15 is 0 Å². The molecular formula is C10H13N3O5. The summed E-state index contributed by atoms with van der Waals surface area (Å²) in [5.74, 6) is -1.89. The van der Waals surface area contributed by atoms with Gasteiger partial charge in [-0.25, -0.2) is 9.48 Å². The van der Waals surface area contributed by atoms with Crippen molar-refractivity contribution in [3.8, 4) is 0 Å². The van der Waals surface area contributed by atoms with Gasteiger partial charge in [0.1, 0.15) is 12.1 Å². The number of carboxylic acids is 1. The molecule has 1 heterocycles. The molecule has 0 unspecified atom stereocenters. The highest BCUT2D eigenvalue weighted by atomic mass is 16.4. The highest BCUT2D eigenvalue weighted by molar-refractivity contribution is 5.86. The van der Waals surface area contributed by atoms with E-state index in [9.17, 15) is 19.2 Å². The van der Waals surface area contributed by atoms with Gasteiger partial charge >= 0.3 is 5.97 Å². The van der Waals surface area contributed by atoms with Gasteiger partial charge < -0.3 is 10.4 Å². The zero-order chi connectivity index (χ0) is 13.9. The van der Waals surface area contributed by atoms with Gasteiger partial charge in [0.15, 0.2) is 0 Å². The minimum absolute atomic E-state index is 0.453. The molecule has 0 aliphatic carbocycles. The molecule has 1 amide bonds. The molecule has 3 N–H and O–H groups in total. The number of nitrogens with one attached hydrogen (secondary N) is 2. The Kier molecular flexibility index (Phi) is 3.70. The number of carbonyl (C=O) groups excluding carboxylic acids is 1. The number of carbonyl (C=O) groups is 2. The molecule has 0 atom stereocenters. The number of nitrogens with zero attached hydrogens (tertiary/aromatic N) is 1. The average Bonchev–Trinajstić information content (AvgIpc) is 2.22. The van der Waals surface area contributed by atoms with Gasteiger partial charge in [-0.05, 0) is 13.8 Å². The Hall–Kier alpha value is -2.38. The van der Waals surface area contributed by atoms with Crippen LogP contribution in [0.4, 0.5) is 0 Å². The maximum atomic E-state index is 11.5. The minimum atomic E-state index is -1.45. The van der Waals surface area contributed by atoms with Crippen LogP contribution < -0.4 is 16.4 Å². The van der Waals surface area contributed by atoms with Crippen molar-refractivity contribution in [1.82, 2.24) is 15.1 Å². The summed E-state index contributed by atoms with van der Waals surface area (Å²) in [7, 11) is 0. The third-order valence-electron chi connectivity index (χ3n) is 2.18. The lowest BCUT2D eigenvalue weighted by atomic mass is 10.1. The van der Waals surface area contributed by atoms with Crippen molar-refractivity contribution in [3.05, 3.63) is 32.8 Å². The van der Waals surface area contributed by atoms with E-state index in [-0.39, 0.29) is 0 Å². The molecule has 18 heavy (non-hydrogen) atoms.